The summed E-state index contributed by atoms with van der Waals surface area (Å²) in [6.07, 6.45) is -0.215. The maximum Gasteiger partial charge on any atom is 0.167 e. The van der Waals surface area contributed by atoms with Crippen LogP contribution in [0.2, 0.25) is 0 Å². The molecule has 9 nitrogen and oxygen atoms in total. The molecular formula is C14H21N5O4. The van der Waals surface area contributed by atoms with Crippen molar-refractivity contribution in [2.75, 3.05) is 11.9 Å². The zero-order chi connectivity index (χ0) is 16.6. The summed E-state index contributed by atoms with van der Waals surface area (Å²) < 4.78 is 7.07. The molecule has 1 saturated heterocycles. The molecule has 23 heavy (non-hydrogen) atoms. The van der Waals surface area contributed by atoms with Crippen LogP contribution in [0.4, 0.5) is 5.82 Å². The van der Waals surface area contributed by atoms with E-state index in [-0.39, 0.29) is 12.6 Å². The van der Waals surface area contributed by atoms with Crippen molar-refractivity contribution in [2.45, 2.75) is 50.8 Å². The molecule has 126 valence electrons. The van der Waals surface area contributed by atoms with Gasteiger partial charge in [-0.15, -0.1) is 0 Å². The summed E-state index contributed by atoms with van der Waals surface area (Å²) in [4.78, 5) is 12.7. The van der Waals surface area contributed by atoms with Gasteiger partial charge in [-0.1, -0.05) is 6.92 Å². The van der Waals surface area contributed by atoms with Crippen LogP contribution in [0.5, 0.6) is 0 Å². The molecule has 1 unspecified atom stereocenters. The Kier molecular flexibility index (Phi) is 4.44. The molecule has 3 rings (SSSR count). The molecule has 1 aliphatic rings. The van der Waals surface area contributed by atoms with E-state index >= 15 is 0 Å². The lowest BCUT2D eigenvalue weighted by molar-refractivity contribution is -0.0511. The van der Waals surface area contributed by atoms with Gasteiger partial charge in [0.1, 0.15) is 24.6 Å². The van der Waals surface area contributed by atoms with Gasteiger partial charge in [0, 0.05) is 6.04 Å². The van der Waals surface area contributed by atoms with E-state index in [1.165, 1.54) is 12.7 Å². The Morgan fingerprint density at radius 1 is 1.30 bits per heavy atom. The average molecular weight is 323 g/mol. The van der Waals surface area contributed by atoms with Crippen LogP contribution < -0.4 is 5.32 Å². The van der Waals surface area contributed by atoms with Gasteiger partial charge in [0.05, 0.1) is 12.9 Å². The van der Waals surface area contributed by atoms with Crippen LogP contribution >= 0.6 is 0 Å². The highest BCUT2D eigenvalue weighted by atomic mass is 16.6. The number of ether oxygens (including phenoxy) is 1. The summed E-state index contributed by atoms with van der Waals surface area (Å²) in [6, 6.07) is 0.229. The first kappa shape index (κ1) is 16.1. The van der Waals surface area contributed by atoms with E-state index in [9.17, 15) is 15.3 Å². The number of aliphatic hydroxyl groups excluding tert-OH is 3. The number of imidazole rings is 1. The summed E-state index contributed by atoms with van der Waals surface area (Å²) >= 11 is 0. The van der Waals surface area contributed by atoms with E-state index in [0.717, 1.165) is 6.42 Å². The number of rotatable bonds is 5. The van der Waals surface area contributed by atoms with E-state index in [4.69, 9.17) is 4.74 Å². The van der Waals surface area contributed by atoms with Crippen molar-refractivity contribution in [1.82, 2.24) is 19.5 Å². The second-order valence-electron chi connectivity index (χ2n) is 5.73. The zero-order valence-electron chi connectivity index (χ0n) is 13.0. The quantitative estimate of drug-likeness (QED) is 0.588. The molecular weight excluding hydrogens is 302 g/mol. The number of hydrogen-bond donors (Lipinski definition) is 4. The lowest BCUT2D eigenvalue weighted by Gasteiger charge is -2.17. The second kappa shape index (κ2) is 6.36. The number of nitrogens with one attached hydrogen (secondary N) is 1. The Morgan fingerprint density at radius 2 is 2.09 bits per heavy atom. The van der Waals surface area contributed by atoms with Crippen LogP contribution in [0.25, 0.3) is 11.2 Å². The Balaban J connectivity index is 1.96. The molecule has 0 radical (unpaired) electrons. The molecule has 0 aromatic carbocycles. The van der Waals surface area contributed by atoms with Gasteiger partial charge < -0.3 is 25.4 Å². The van der Waals surface area contributed by atoms with Crippen LogP contribution in [0, 0.1) is 0 Å². The first-order valence-corrected chi connectivity index (χ1v) is 7.63. The molecule has 2 aromatic rings. The van der Waals surface area contributed by atoms with E-state index in [1.54, 1.807) is 4.57 Å². The standard InChI is InChI=1S/C14H21N5O4/c1-3-7(2)18-12-9-13(16-5-15-12)19(6-17-9)14-11(22)10(21)8(4-20)23-14/h5-8,10-11,14,20-22H,3-4H2,1-2H3,(H,15,16,18)/t7?,8-,10-,11-,14-/m1/s1. The zero-order valence-corrected chi connectivity index (χ0v) is 13.0. The second-order valence-corrected chi connectivity index (χ2v) is 5.73. The van der Waals surface area contributed by atoms with Crippen molar-refractivity contribution in [3.05, 3.63) is 12.7 Å². The lowest BCUT2D eigenvalue weighted by Crippen LogP contribution is -2.33. The molecule has 4 N–H and O–H groups in total. The number of aliphatic hydroxyl groups is 3. The third-order valence-corrected chi connectivity index (χ3v) is 4.15. The van der Waals surface area contributed by atoms with Gasteiger partial charge in [-0.3, -0.25) is 4.57 Å². The number of fused-ring (bicyclic) bond motifs is 1. The normalized spacial score (nSPS) is 29.1. The number of anilines is 1. The number of hydrogen-bond acceptors (Lipinski definition) is 8. The predicted octanol–water partition coefficient (Wildman–Crippen LogP) is -0.352. The molecule has 0 amide bonds. The predicted molar refractivity (Wildman–Crippen MR) is 81.7 cm³/mol. The fraction of sp³-hybridized carbons (Fsp3) is 0.643. The first-order valence-electron chi connectivity index (χ1n) is 7.63. The smallest absolute Gasteiger partial charge is 0.167 e. The molecule has 0 bridgehead atoms. The SMILES string of the molecule is CCC(C)Nc1ncnc2c1ncn2[C@@H]1O[C@H](CO)[C@@H](O)[C@H]1O. The molecule has 0 saturated carbocycles. The van der Waals surface area contributed by atoms with Crippen LogP contribution in [0.15, 0.2) is 12.7 Å². The van der Waals surface area contributed by atoms with Gasteiger partial charge in [0.25, 0.3) is 0 Å². The maximum atomic E-state index is 10.1. The van der Waals surface area contributed by atoms with Gasteiger partial charge in [-0.25, -0.2) is 15.0 Å². The van der Waals surface area contributed by atoms with Crippen molar-refractivity contribution in [1.29, 1.82) is 0 Å². The van der Waals surface area contributed by atoms with Crippen LogP contribution in [0.1, 0.15) is 26.5 Å². The topological polar surface area (TPSA) is 126 Å². The fourth-order valence-corrected chi connectivity index (χ4v) is 2.59. The van der Waals surface area contributed by atoms with Crippen LogP contribution in [0.3, 0.4) is 0 Å². The van der Waals surface area contributed by atoms with Gasteiger partial charge >= 0.3 is 0 Å². The van der Waals surface area contributed by atoms with Crippen molar-refractivity contribution in [3.63, 3.8) is 0 Å². The highest BCUT2D eigenvalue weighted by molar-refractivity contribution is 5.82. The number of nitrogens with zero attached hydrogens (tertiary/aromatic N) is 4. The minimum Gasteiger partial charge on any atom is -0.394 e. The van der Waals surface area contributed by atoms with Gasteiger partial charge in [-0.2, -0.15) is 0 Å². The van der Waals surface area contributed by atoms with Crippen LogP contribution in [-0.4, -0.2) is 65.8 Å². The summed E-state index contributed by atoms with van der Waals surface area (Å²) in [6.45, 7) is 3.72. The lowest BCUT2D eigenvalue weighted by atomic mass is 10.1. The third kappa shape index (κ3) is 2.76. The Bertz CT molecular complexity index is 678. The van der Waals surface area contributed by atoms with Gasteiger partial charge in [0.15, 0.2) is 23.2 Å². The van der Waals surface area contributed by atoms with Crippen molar-refractivity contribution in [3.8, 4) is 0 Å². The Labute approximate surface area is 133 Å². The average Bonchev–Trinajstić information content (AvgIpc) is 3.10. The maximum absolute atomic E-state index is 10.1. The first-order chi connectivity index (χ1) is 11.1. The summed E-state index contributed by atoms with van der Waals surface area (Å²) in [5, 5.41) is 32.5. The van der Waals surface area contributed by atoms with Gasteiger partial charge in [-0.05, 0) is 13.3 Å². The molecule has 1 fully saturated rings. The highest BCUT2D eigenvalue weighted by Gasteiger charge is 2.44. The highest BCUT2D eigenvalue weighted by Crippen LogP contribution is 2.32. The molecule has 1 aliphatic heterocycles. The Hall–Kier alpha value is -1.81. The third-order valence-electron chi connectivity index (χ3n) is 4.15. The monoisotopic (exact) mass is 323 g/mol. The van der Waals surface area contributed by atoms with Crippen molar-refractivity contribution < 1.29 is 20.1 Å². The van der Waals surface area contributed by atoms with E-state index in [0.29, 0.717) is 17.0 Å². The van der Waals surface area contributed by atoms with Gasteiger partial charge in [0.2, 0.25) is 0 Å². The summed E-state index contributed by atoms with van der Waals surface area (Å²) in [5.41, 5.74) is 1.05. The Morgan fingerprint density at radius 3 is 2.74 bits per heavy atom. The van der Waals surface area contributed by atoms with E-state index in [2.05, 4.69) is 27.2 Å². The minimum absolute atomic E-state index is 0.229. The van der Waals surface area contributed by atoms with E-state index < -0.39 is 24.5 Å². The van der Waals surface area contributed by atoms with E-state index in [1.807, 2.05) is 6.92 Å². The fourth-order valence-electron chi connectivity index (χ4n) is 2.59. The molecule has 0 spiro atoms. The molecule has 3 heterocycles. The van der Waals surface area contributed by atoms with Crippen LogP contribution in [-0.2, 0) is 4.74 Å². The minimum atomic E-state index is -1.18. The molecule has 2 aromatic heterocycles. The molecule has 0 aliphatic carbocycles. The summed E-state index contributed by atoms with van der Waals surface area (Å²) in [7, 11) is 0. The van der Waals surface area contributed by atoms with Crippen molar-refractivity contribution >= 4 is 17.0 Å². The molecule has 9 heteroatoms. The summed E-state index contributed by atoms with van der Waals surface area (Å²) in [5.74, 6) is 0.606. The number of aromatic nitrogens is 4. The molecule has 5 atom stereocenters. The van der Waals surface area contributed by atoms with Crippen molar-refractivity contribution in [2.24, 2.45) is 0 Å². The largest absolute Gasteiger partial charge is 0.394 e.